The Bertz CT molecular complexity index is 458. The maximum absolute atomic E-state index is 10.1. The summed E-state index contributed by atoms with van der Waals surface area (Å²) in [6, 6.07) is 1.74. The van der Waals surface area contributed by atoms with Crippen LogP contribution >= 0.6 is 15.9 Å². The van der Waals surface area contributed by atoms with Crippen LogP contribution in [0, 0.1) is 6.92 Å². The van der Waals surface area contributed by atoms with Crippen molar-refractivity contribution in [3.8, 4) is 0 Å². The van der Waals surface area contributed by atoms with E-state index >= 15 is 0 Å². The lowest BCUT2D eigenvalue weighted by Crippen LogP contribution is -2.07. The maximum Gasteiger partial charge on any atom is 0.154 e. The smallest absolute Gasteiger partial charge is 0.154 e. The van der Waals surface area contributed by atoms with Gasteiger partial charge in [-0.25, -0.2) is 4.68 Å². The number of furan rings is 1. The van der Waals surface area contributed by atoms with Crippen LogP contribution in [0.1, 0.15) is 23.1 Å². The van der Waals surface area contributed by atoms with Crippen molar-refractivity contribution in [2.24, 2.45) is 7.05 Å². The molecule has 0 aromatic carbocycles. The lowest BCUT2D eigenvalue weighted by Gasteiger charge is -2.09. The Kier molecular flexibility index (Phi) is 2.62. The van der Waals surface area contributed by atoms with E-state index in [1.54, 1.807) is 26.3 Å². The fourth-order valence-corrected chi connectivity index (χ4v) is 2.00. The molecule has 1 atom stereocenters. The van der Waals surface area contributed by atoms with Gasteiger partial charge in [-0.15, -0.1) is 5.10 Å². The van der Waals surface area contributed by atoms with E-state index in [1.807, 2.05) is 0 Å². The van der Waals surface area contributed by atoms with E-state index in [4.69, 9.17) is 4.42 Å². The average Bonchev–Trinajstić information content (AvgIpc) is 2.73. The fraction of sp³-hybridized carbons (Fsp3) is 0.333. The molecule has 80 valence electrons. The second-order valence-electron chi connectivity index (χ2n) is 3.22. The first-order valence-electron chi connectivity index (χ1n) is 4.38. The van der Waals surface area contributed by atoms with Crippen molar-refractivity contribution in [3.63, 3.8) is 0 Å². The Balaban J connectivity index is 2.45. The van der Waals surface area contributed by atoms with Crippen molar-refractivity contribution in [1.29, 1.82) is 0 Å². The number of aliphatic hydroxyl groups is 1. The second kappa shape index (κ2) is 3.79. The molecule has 1 N–H and O–H groups in total. The van der Waals surface area contributed by atoms with Crippen LogP contribution in [0.25, 0.3) is 0 Å². The van der Waals surface area contributed by atoms with Gasteiger partial charge in [0.2, 0.25) is 0 Å². The lowest BCUT2D eigenvalue weighted by molar-refractivity contribution is 0.206. The number of rotatable bonds is 2. The summed E-state index contributed by atoms with van der Waals surface area (Å²) >= 11 is 3.24. The molecule has 2 heterocycles. The average molecular weight is 272 g/mol. The second-order valence-corrected chi connectivity index (χ2v) is 3.97. The van der Waals surface area contributed by atoms with Gasteiger partial charge >= 0.3 is 0 Å². The standard InChI is InChI=1S/C9H10BrN3O2/c1-5-6(3-4-15-5)8(14)7-9(10)11-12-13(7)2/h3-4,8,14H,1-2H3. The molecule has 0 radical (unpaired) electrons. The molecule has 15 heavy (non-hydrogen) atoms. The van der Waals surface area contributed by atoms with Gasteiger partial charge in [-0.2, -0.15) is 0 Å². The molecule has 0 saturated heterocycles. The molecule has 0 aliphatic carbocycles. The van der Waals surface area contributed by atoms with Crippen molar-refractivity contribution in [2.45, 2.75) is 13.0 Å². The zero-order valence-corrected chi connectivity index (χ0v) is 9.89. The van der Waals surface area contributed by atoms with E-state index < -0.39 is 6.10 Å². The Hall–Kier alpha value is -1.14. The minimum Gasteiger partial charge on any atom is -0.469 e. The van der Waals surface area contributed by atoms with Crippen molar-refractivity contribution in [2.75, 3.05) is 0 Å². The fourth-order valence-electron chi connectivity index (χ4n) is 1.45. The highest BCUT2D eigenvalue weighted by atomic mass is 79.9. The van der Waals surface area contributed by atoms with Crippen molar-refractivity contribution < 1.29 is 9.52 Å². The number of hydrogen-bond donors (Lipinski definition) is 1. The lowest BCUT2D eigenvalue weighted by atomic mass is 10.1. The molecule has 0 saturated carbocycles. The van der Waals surface area contributed by atoms with Gasteiger partial charge in [0.05, 0.1) is 6.26 Å². The van der Waals surface area contributed by atoms with Gasteiger partial charge in [0, 0.05) is 12.6 Å². The highest BCUT2D eigenvalue weighted by Gasteiger charge is 2.22. The quantitative estimate of drug-likeness (QED) is 0.901. The number of nitrogens with zero attached hydrogens (tertiary/aromatic N) is 3. The zero-order valence-electron chi connectivity index (χ0n) is 8.31. The zero-order chi connectivity index (χ0) is 11.0. The van der Waals surface area contributed by atoms with Gasteiger partial charge < -0.3 is 9.52 Å². The molecule has 0 aliphatic heterocycles. The first-order chi connectivity index (χ1) is 7.11. The van der Waals surface area contributed by atoms with Crippen molar-refractivity contribution in [3.05, 3.63) is 34.0 Å². The summed E-state index contributed by atoms with van der Waals surface area (Å²) < 4.78 is 7.21. The molecule has 2 aromatic rings. The van der Waals surface area contributed by atoms with Gasteiger partial charge in [-0.3, -0.25) is 0 Å². The van der Waals surface area contributed by atoms with Crippen LogP contribution in [0.15, 0.2) is 21.3 Å². The van der Waals surface area contributed by atoms with Gasteiger partial charge in [-0.1, -0.05) is 5.21 Å². The number of aliphatic hydroxyl groups excluding tert-OH is 1. The SMILES string of the molecule is Cc1occc1C(O)c1c(Br)nnn1C. The van der Waals surface area contributed by atoms with Gasteiger partial charge in [0.1, 0.15) is 17.6 Å². The summed E-state index contributed by atoms with van der Waals surface area (Å²) in [5.74, 6) is 0.690. The number of halogens is 1. The number of aryl methyl sites for hydroxylation is 2. The van der Waals surface area contributed by atoms with Crippen LogP contribution in [0.5, 0.6) is 0 Å². The highest BCUT2D eigenvalue weighted by Crippen LogP contribution is 2.28. The van der Waals surface area contributed by atoms with Crippen LogP contribution in [-0.2, 0) is 7.05 Å². The molecule has 0 fully saturated rings. The third-order valence-electron chi connectivity index (χ3n) is 2.28. The first kappa shape index (κ1) is 10.4. The van der Waals surface area contributed by atoms with Crippen molar-refractivity contribution in [1.82, 2.24) is 15.0 Å². The van der Waals surface area contributed by atoms with Gasteiger partial charge in [0.25, 0.3) is 0 Å². The summed E-state index contributed by atoms with van der Waals surface area (Å²) in [5, 5.41) is 17.7. The molecule has 0 aliphatic rings. The monoisotopic (exact) mass is 271 g/mol. The highest BCUT2D eigenvalue weighted by molar-refractivity contribution is 9.10. The van der Waals surface area contributed by atoms with Gasteiger partial charge in [0.15, 0.2) is 4.60 Å². The third-order valence-corrected chi connectivity index (χ3v) is 2.84. The summed E-state index contributed by atoms with van der Waals surface area (Å²) in [4.78, 5) is 0. The molecular weight excluding hydrogens is 262 g/mol. The van der Waals surface area contributed by atoms with E-state index in [1.165, 1.54) is 4.68 Å². The van der Waals surface area contributed by atoms with E-state index in [0.29, 0.717) is 16.1 Å². The molecule has 1 unspecified atom stereocenters. The van der Waals surface area contributed by atoms with Crippen LogP contribution in [-0.4, -0.2) is 20.1 Å². The van der Waals surface area contributed by atoms with Crippen LogP contribution in [0.3, 0.4) is 0 Å². The minimum atomic E-state index is -0.780. The minimum absolute atomic E-state index is 0.540. The molecule has 0 bridgehead atoms. The summed E-state index contributed by atoms with van der Waals surface area (Å²) in [7, 11) is 1.73. The van der Waals surface area contributed by atoms with Crippen LogP contribution in [0.4, 0.5) is 0 Å². The Labute approximate surface area is 94.8 Å². The summed E-state index contributed by atoms with van der Waals surface area (Å²) in [6.07, 6.45) is 0.768. The largest absolute Gasteiger partial charge is 0.469 e. The van der Waals surface area contributed by atoms with Gasteiger partial charge in [-0.05, 0) is 28.9 Å². The molecule has 0 spiro atoms. The van der Waals surface area contributed by atoms with Crippen LogP contribution < -0.4 is 0 Å². The Morgan fingerprint density at radius 1 is 1.60 bits per heavy atom. The van der Waals surface area contributed by atoms with Crippen molar-refractivity contribution >= 4 is 15.9 Å². The van der Waals surface area contributed by atoms with E-state index in [0.717, 1.165) is 5.56 Å². The molecule has 2 rings (SSSR count). The normalized spacial score (nSPS) is 13.1. The molecule has 6 heteroatoms. The molecule has 2 aromatic heterocycles. The molecular formula is C9H10BrN3O2. The summed E-state index contributed by atoms with van der Waals surface area (Å²) in [6.45, 7) is 1.80. The summed E-state index contributed by atoms with van der Waals surface area (Å²) in [5.41, 5.74) is 1.33. The topological polar surface area (TPSA) is 64.1 Å². The molecule has 0 amide bonds. The van der Waals surface area contributed by atoms with E-state index in [9.17, 15) is 5.11 Å². The Morgan fingerprint density at radius 2 is 2.33 bits per heavy atom. The van der Waals surface area contributed by atoms with E-state index in [-0.39, 0.29) is 0 Å². The third kappa shape index (κ3) is 1.70. The first-order valence-corrected chi connectivity index (χ1v) is 5.17. The number of aromatic nitrogens is 3. The number of hydrogen-bond acceptors (Lipinski definition) is 4. The van der Waals surface area contributed by atoms with Crippen LogP contribution in [0.2, 0.25) is 0 Å². The predicted molar refractivity (Wildman–Crippen MR) is 56.2 cm³/mol. The predicted octanol–water partition coefficient (Wildman–Crippen LogP) is 1.56. The Morgan fingerprint density at radius 3 is 2.80 bits per heavy atom. The van der Waals surface area contributed by atoms with E-state index in [2.05, 4.69) is 26.2 Å². The maximum atomic E-state index is 10.1. The molecule has 5 nitrogen and oxygen atoms in total.